The molecular formula is C28H56O2. The SMILES string of the molecule is CCCCCCCCCCCCCCCCCCCCC(CCCCCC)C(=O)O. The molecule has 0 rings (SSSR count). The molecule has 1 N–H and O–H groups in total. The summed E-state index contributed by atoms with van der Waals surface area (Å²) < 4.78 is 0. The van der Waals surface area contributed by atoms with Crippen LogP contribution in [0, 0.1) is 5.92 Å². The summed E-state index contributed by atoms with van der Waals surface area (Å²) in [6.45, 7) is 4.49. The Labute approximate surface area is 190 Å². The van der Waals surface area contributed by atoms with Gasteiger partial charge in [0.05, 0.1) is 5.92 Å². The molecule has 180 valence electrons. The smallest absolute Gasteiger partial charge is 0.306 e. The molecule has 0 radical (unpaired) electrons. The summed E-state index contributed by atoms with van der Waals surface area (Å²) in [6, 6.07) is 0. The van der Waals surface area contributed by atoms with Crippen molar-refractivity contribution < 1.29 is 9.90 Å². The lowest BCUT2D eigenvalue weighted by Gasteiger charge is -2.12. The fraction of sp³-hybridized carbons (Fsp3) is 0.964. The van der Waals surface area contributed by atoms with Crippen LogP contribution in [-0.2, 0) is 4.79 Å². The second-order valence-electron chi connectivity index (χ2n) is 9.68. The lowest BCUT2D eigenvalue weighted by atomic mass is 9.94. The van der Waals surface area contributed by atoms with E-state index in [4.69, 9.17) is 0 Å². The Morgan fingerprint density at radius 1 is 0.467 bits per heavy atom. The van der Waals surface area contributed by atoms with Crippen molar-refractivity contribution in [2.75, 3.05) is 0 Å². The third-order valence-electron chi connectivity index (χ3n) is 6.66. The molecule has 0 spiro atoms. The lowest BCUT2D eigenvalue weighted by molar-refractivity contribution is -0.142. The Kier molecular flexibility index (Phi) is 24.3. The molecule has 2 heteroatoms. The molecule has 0 aromatic heterocycles. The summed E-state index contributed by atoms with van der Waals surface area (Å²) in [5.74, 6) is -0.665. The van der Waals surface area contributed by atoms with Crippen LogP contribution in [0.15, 0.2) is 0 Å². The van der Waals surface area contributed by atoms with Crippen LogP contribution in [0.4, 0.5) is 0 Å². The van der Waals surface area contributed by atoms with Crippen molar-refractivity contribution in [3.63, 3.8) is 0 Å². The van der Waals surface area contributed by atoms with E-state index in [2.05, 4.69) is 13.8 Å². The number of aliphatic carboxylic acids is 1. The van der Waals surface area contributed by atoms with Gasteiger partial charge >= 0.3 is 5.97 Å². The summed E-state index contributed by atoms with van der Waals surface area (Å²) in [5, 5.41) is 9.37. The number of carbonyl (C=O) groups is 1. The van der Waals surface area contributed by atoms with Crippen molar-refractivity contribution in [3.8, 4) is 0 Å². The zero-order valence-electron chi connectivity index (χ0n) is 20.9. The van der Waals surface area contributed by atoms with Gasteiger partial charge in [0.15, 0.2) is 0 Å². The monoisotopic (exact) mass is 424 g/mol. The predicted octanol–water partition coefficient (Wildman–Crippen LogP) is 10.1. The maximum absolute atomic E-state index is 11.4. The van der Waals surface area contributed by atoms with Crippen LogP contribution in [0.3, 0.4) is 0 Å². The van der Waals surface area contributed by atoms with E-state index in [0.717, 1.165) is 25.7 Å². The van der Waals surface area contributed by atoms with Crippen molar-refractivity contribution in [2.24, 2.45) is 5.92 Å². The van der Waals surface area contributed by atoms with Crippen LogP contribution in [0.5, 0.6) is 0 Å². The molecule has 0 amide bonds. The first-order valence-electron chi connectivity index (χ1n) is 13.9. The molecule has 0 fully saturated rings. The highest BCUT2D eigenvalue weighted by Gasteiger charge is 2.16. The molecule has 0 saturated carbocycles. The molecule has 0 saturated heterocycles. The fourth-order valence-corrected chi connectivity index (χ4v) is 4.50. The summed E-state index contributed by atoms with van der Waals surface area (Å²) in [6.07, 6.45) is 31.4. The van der Waals surface area contributed by atoms with Crippen molar-refractivity contribution in [1.82, 2.24) is 0 Å². The van der Waals surface area contributed by atoms with Gasteiger partial charge in [-0.2, -0.15) is 0 Å². The summed E-state index contributed by atoms with van der Waals surface area (Å²) in [4.78, 5) is 11.4. The number of rotatable bonds is 25. The van der Waals surface area contributed by atoms with Gasteiger partial charge in [-0.15, -0.1) is 0 Å². The number of carboxylic acid groups (broad SMARTS) is 1. The van der Waals surface area contributed by atoms with E-state index in [1.807, 2.05) is 0 Å². The number of carboxylic acids is 1. The minimum absolute atomic E-state index is 0.0945. The minimum atomic E-state index is -0.571. The van der Waals surface area contributed by atoms with Gasteiger partial charge in [0.2, 0.25) is 0 Å². The second-order valence-corrected chi connectivity index (χ2v) is 9.68. The van der Waals surface area contributed by atoms with E-state index < -0.39 is 5.97 Å². The normalized spacial score (nSPS) is 12.3. The topological polar surface area (TPSA) is 37.3 Å². The van der Waals surface area contributed by atoms with Gasteiger partial charge < -0.3 is 5.11 Å². The third-order valence-corrected chi connectivity index (χ3v) is 6.66. The zero-order valence-corrected chi connectivity index (χ0v) is 20.9. The van der Waals surface area contributed by atoms with Crippen LogP contribution in [0.25, 0.3) is 0 Å². The summed E-state index contributed by atoms with van der Waals surface area (Å²) >= 11 is 0. The first-order chi connectivity index (χ1) is 14.7. The van der Waals surface area contributed by atoms with Gasteiger partial charge in [0.25, 0.3) is 0 Å². The highest BCUT2D eigenvalue weighted by Crippen LogP contribution is 2.19. The van der Waals surface area contributed by atoms with Crippen molar-refractivity contribution in [2.45, 2.75) is 168 Å². The van der Waals surface area contributed by atoms with E-state index in [-0.39, 0.29) is 5.92 Å². The van der Waals surface area contributed by atoms with Gasteiger partial charge in [-0.05, 0) is 12.8 Å². The highest BCUT2D eigenvalue weighted by molar-refractivity contribution is 5.69. The number of hydrogen-bond acceptors (Lipinski definition) is 1. The molecule has 0 aliphatic rings. The number of hydrogen-bond donors (Lipinski definition) is 1. The maximum Gasteiger partial charge on any atom is 0.306 e. The number of unbranched alkanes of at least 4 members (excludes halogenated alkanes) is 20. The van der Waals surface area contributed by atoms with E-state index in [0.29, 0.717) is 0 Å². The third kappa shape index (κ3) is 22.2. The van der Waals surface area contributed by atoms with Gasteiger partial charge in [-0.1, -0.05) is 155 Å². The molecule has 1 unspecified atom stereocenters. The Morgan fingerprint density at radius 2 is 0.700 bits per heavy atom. The highest BCUT2D eigenvalue weighted by atomic mass is 16.4. The minimum Gasteiger partial charge on any atom is -0.481 e. The average molecular weight is 425 g/mol. The molecule has 0 bridgehead atoms. The maximum atomic E-state index is 11.4. The molecule has 0 heterocycles. The Balaban J connectivity index is 3.27. The first-order valence-corrected chi connectivity index (χ1v) is 13.9. The Hall–Kier alpha value is -0.530. The summed E-state index contributed by atoms with van der Waals surface area (Å²) in [5.41, 5.74) is 0. The molecule has 30 heavy (non-hydrogen) atoms. The second kappa shape index (κ2) is 24.7. The van der Waals surface area contributed by atoms with E-state index in [1.165, 1.54) is 128 Å². The van der Waals surface area contributed by atoms with Crippen LogP contribution >= 0.6 is 0 Å². The van der Waals surface area contributed by atoms with Gasteiger partial charge in [0, 0.05) is 0 Å². The van der Waals surface area contributed by atoms with Crippen LogP contribution < -0.4 is 0 Å². The molecule has 0 aliphatic carbocycles. The van der Waals surface area contributed by atoms with Crippen LogP contribution in [-0.4, -0.2) is 11.1 Å². The van der Waals surface area contributed by atoms with E-state index in [1.54, 1.807) is 0 Å². The Morgan fingerprint density at radius 3 is 0.967 bits per heavy atom. The molecule has 0 aliphatic heterocycles. The van der Waals surface area contributed by atoms with E-state index >= 15 is 0 Å². The van der Waals surface area contributed by atoms with Gasteiger partial charge in [-0.3, -0.25) is 4.79 Å². The molecular weight excluding hydrogens is 368 g/mol. The van der Waals surface area contributed by atoms with Crippen molar-refractivity contribution in [3.05, 3.63) is 0 Å². The van der Waals surface area contributed by atoms with Crippen molar-refractivity contribution >= 4 is 5.97 Å². The molecule has 2 nitrogen and oxygen atoms in total. The standard InChI is InChI=1S/C28H56O2/c1-3-5-7-9-10-11-12-13-14-15-16-17-18-19-20-21-22-24-26-27(28(29)30)25-23-8-6-4-2/h27H,3-26H2,1-2H3,(H,29,30). The predicted molar refractivity (Wildman–Crippen MR) is 133 cm³/mol. The fourth-order valence-electron chi connectivity index (χ4n) is 4.50. The largest absolute Gasteiger partial charge is 0.481 e. The Bertz CT molecular complexity index is 340. The molecule has 1 atom stereocenters. The van der Waals surface area contributed by atoms with Crippen LogP contribution in [0.2, 0.25) is 0 Å². The first kappa shape index (κ1) is 29.5. The van der Waals surface area contributed by atoms with Gasteiger partial charge in [0.1, 0.15) is 0 Å². The van der Waals surface area contributed by atoms with Crippen LogP contribution in [0.1, 0.15) is 168 Å². The zero-order chi connectivity index (χ0) is 22.1. The van der Waals surface area contributed by atoms with Gasteiger partial charge in [-0.25, -0.2) is 0 Å². The quantitative estimate of drug-likeness (QED) is 0.148. The summed E-state index contributed by atoms with van der Waals surface area (Å²) in [7, 11) is 0. The van der Waals surface area contributed by atoms with E-state index in [9.17, 15) is 9.90 Å². The average Bonchev–Trinajstić information content (AvgIpc) is 2.74. The van der Waals surface area contributed by atoms with Crippen molar-refractivity contribution in [1.29, 1.82) is 0 Å². The molecule has 0 aromatic carbocycles. The lowest BCUT2D eigenvalue weighted by Crippen LogP contribution is -2.13. The molecule has 0 aromatic rings.